The number of allylic oxidation sites excluding steroid dienone is 1. The van der Waals surface area contributed by atoms with Crippen molar-refractivity contribution in [3.8, 4) is 0 Å². The number of hydrogen-bond donors (Lipinski definition) is 0. The Morgan fingerprint density at radius 3 is 2.44 bits per heavy atom. The van der Waals surface area contributed by atoms with Crippen LogP contribution in [0.3, 0.4) is 0 Å². The Balaban J connectivity index is 2.72. The Labute approximate surface area is 56.5 Å². The minimum Gasteiger partial charge on any atom is -0.286 e. The zero-order chi connectivity index (χ0) is 6.85. The lowest BCUT2D eigenvalue weighted by atomic mass is 10.0. The van der Waals surface area contributed by atoms with Crippen LogP contribution in [0.5, 0.6) is 0 Å². The van der Waals surface area contributed by atoms with Crippen LogP contribution in [-0.4, -0.2) is 12.3 Å². The third-order valence-corrected chi connectivity index (χ3v) is 1.68. The van der Waals surface area contributed by atoms with Crippen LogP contribution in [-0.2, 0) is 0 Å². The van der Waals surface area contributed by atoms with Gasteiger partial charge < -0.3 is 0 Å². The highest BCUT2D eigenvalue weighted by Gasteiger charge is 2.09. The molecule has 0 saturated heterocycles. The summed E-state index contributed by atoms with van der Waals surface area (Å²) < 4.78 is 0. The van der Waals surface area contributed by atoms with Gasteiger partial charge in [0.05, 0.1) is 6.54 Å². The molecule has 1 aliphatic heterocycles. The fourth-order valence-electron chi connectivity index (χ4n) is 1.17. The summed E-state index contributed by atoms with van der Waals surface area (Å²) in [5.41, 5.74) is 2.65. The highest BCUT2D eigenvalue weighted by atomic mass is 14.7. The molecule has 0 radical (unpaired) electrons. The van der Waals surface area contributed by atoms with E-state index in [0.717, 1.165) is 6.54 Å². The second-order valence-electron chi connectivity index (χ2n) is 2.74. The number of aliphatic imine (C=N–C) groups is 1. The van der Waals surface area contributed by atoms with Crippen LogP contribution in [0.25, 0.3) is 0 Å². The van der Waals surface area contributed by atoms with E-state index in [0.29, 0.717) is 5.92 Å². The molecule has 9 heavy (non-hydrogen) atoms. The molecular formula is C8H13N. The molecule has 1 nitrogen and oxygen atoms in total. The summed E-state index contributed by atoms with van der Waals surface area (Å²) >= 11 is 0. The minimum absolute atomic E-state index is 0.649. The molecule has 0 aliphatic carbocycles. The normalized spacial score (nSPS) is 18.2. The zero-order valence-corrected chi connectivity index (χ0v) is 6.31. The van der Waals surface area contributed by atoms with E-state index in [-0.39, 0.29) is 0 Å². The summed E-state index contributed by atoms with van der Waals surface area (Å²) in [5.74, 6) is 0.649. The van der Waals surface area contributed by atoms with Crippen molar-refractivity contribution >= 4 is 5.71 Å². The average molecular weight is 123 g/mol. The number of hydrogen-bond acceptors (Lipinski definition) is 1. The molecule has 0 saturated carbocycles. The van der Waals surface area contributed by atoms with Gasteiger partial charge in [-0.2, -0.15) is 0 Å². The Kier molecular flexibility index (Phi) is 1.70. The third kappa shape index (κ3) is 1.21. The van der Waals surface area contributed by atoms with Crippen molar-refractivity contribution in [3.63, 3.8) is 0 Å². The van der Waals surface area contributed by atoms with Crippen molar-refractivity contribution in [1.29, 1.82) is 0 Å². The molecule has 0 aromatic carbocycles. The first kappa shape index (κ1) is 6.53. The molecule has 50 valence electrons. The van der Waals surface area contributed by atoms with Gasteiger partial charge in [-0.25, -0.2) is 0 Å². The van der Waals surface area contributed by atoms with Gasteiger partial charge in [-0.05, 0) is 18.4 Å². The Morgan fingerprint density at radius 1 is 1.56 bits per heavy atom. The summed E-state index contributed by atoms with van der Waals surface area (Å²) in [7, 11) is 0. The SMILES string of the molecule is CC1=NCC=C1C(C)C. The van der Waals surface area contributed by atoms with Gasteiger partial charge in [-0.3, -0.25) is 4.99 Å². The van der Waals surface area contributed by atoms with Crippen molar-refractivity contribution in [3.05, 3.63) is 11.6 Å². The van der Waals surface area contributed by atoms with Crippen molar-refractivity contribution in [2.45, 2.75) is 20.8 Å². The van der Waals surface area contributed by atoms with Crippen molar-refractivity contribution in [1.82, 2.24) is 0 Å². The molecule has 0 spiro atoms. The van der Waals surface area contributed by atoms with Crippen molar-refractivity contribution in [2.75, 3.05) is 6.54 Å². The van der Waals surface area contributed by atoms with Gasteiger partial charge in [0.1, 0.15) is 0 Å². The van der Waals surface area contributed by atoms with Gasteiger partial charge in [0.2, 0.25) is 0 Å². The molecule has 1 aliphatic rings. The summed E-state index contributed by atoms with van der Waals surface area (Å²) in [6, 6.07) is 0. The van der Waals surface area contributed by atoms with Gasteiger partial charge in [0.25, 0.3) is 0 Å². The van der Waals surface area contributed by atoms with Crippen molar-refractivity contribution in [2.24, 2.45) is 10.9 Å². The van der Waals surface area contributed by atoms with Crippen LogP contribution in [0.1, 0.15) is 20.8 Å². The fourth-order valence-corrected chi connectivity index (χ4v) is 1.17. The van der Waals surface area contributed by atoms with Crippen LogP contribution >= 0.6 is 0 Å². The van der Waals surface area contributed by atoms with E-state index in [4.69, 9.17) is 0 Å². The van der Waals surface area contributed by atoms with E-state index in [2.05, 4.69) is 31.8 Å². The molecule has 0 unspecified atom stereocenters. The average Bonchev–Trinajstić information content (AvgIpc) is 2.13. The largest absolute Gasteiger partial charge is 0.286 e. The molecule has 0 amide bonds. The summed E-state index contributed by atoms with van der Waals surface area (Å²) in [6.07, 6.45) is 2.21. The first-order valence-corrected chi connectivity index (χ1v) is 3.43. The maximum absolute atomic E-state index is 4.26. The topological polar surface area (TPSA) is 12.4 Å². The summed E-state index contributed by atoms with van der Waals surface area (Å²) in [5, 5.41) is 0. The lowest BCUT2D eigenvalue weighted by molar-refractivity contribution is 0.804. The van der Waals surface area contributed by atoms with Gasteiger partial charge >= 0.3 is 0 Å². The Bertz CT molecular complexity index is 163. The first-order chi connectivity index (χ1) is 4.22. The highest BCUT2D eigenvalue weighted by Crippen LogP contribution is 2.15. The van der Waals surface area contributed by atoms with E-state index in [1.54, 1.807) is 0 Å². The molecule has 1 rings (SSSR count). The highest BCUT2D eigenvalue weighted by molar-refractivity contribution is 6.00. The maximum atomic E-state index is 4.26. The van der Waals surface area contributed by atoms with E-state index < -0.39 is 0 Å². The van der Waals surface area contributed by atoms with E-state index >= 15 is 0 Å². The van der Waals surface area contributed by atoms with Gasteiger partial charge in [-0.15, -0.1) is 0 Å². The molecule has 1 heterocycles. The van der Waals surface area contributed by atoms with Gasteiger partial charge in [0.15, 0.2) is 0 Å². The molecule has 0 bridgehead atoms. The predicted octanol–water partition coefficient (Wildman–Crippen LogP) is 2.04. The van der Waals surface area contributed by atoms with Crippen LogP contribution in [0, 0.1) is 5.92 Å². The van der Waals surface area contributed by atoms with Gasteiger partial charge in [-0.1, -0.05) is 19.9 Å². The quantitative estimate of drug-likeness (QED) is 0.506. The smallest absolute Gasteiger partial charge is 0.0579 e. The first-order valence-electron chi connectivity index (χ1n) is 3.43. The fraction of sp³-hybridized carbons (Fsp3) is 0.625. The van der Waals surface area contributed by atoms with E-state index in [9.17, 15) is 0 Å². The number of rotatable bonds is 1. The summed E-state index contributed by atoms with van der Waals surface area (Å²) in [6.45, 7) is 7.39. The molecule has 0 aromatic heterocycles. The standard InChI is InChI=1S/C8H13N/c1-6(2)8-4-5-9-7(8)3/h4,6H,5H2,1-3H3. The zero-order valence-electron chi connectivity index (χ0n) is 6.31. The minimum atomic E-state index is 0.649. The third-order valence-electron chi connectivity index (χ3n) is 1.68. The van der Waals surface area contributed by atoms with Crippen LogP contribution in [0.4, 0.5) is 0 Å². The Morgan fingerprint density at radius 2 is 2.22 bits per heavy atom. The maximum Gasteiger partial charge on any atom is 0.0579 e. The molecule has 1 heteroatoms. The monoisotopic (exact) mass is 123 g/mol. The van der Waals surface area contributed by atoms with E-state index in [1.165, 1.54) is 11.3 Å². The predicted molar refractivity (Wildman–Crippen MR) is 40.9 cm³/mol. The van der Waals surface area contributed by atoms with Gasteiger partial charge in [0, 0.05) is 5.71 Å². The van der Waals surface area contributed by atoms with Crippen LogP contribution < -0.4 is 0 Å². The van der Waals surface area contributed by atoms with Crippen molar-refractivity contribution < 1.29 is 0 Å². The van der Waals surface area contributed by atoms with Crippen LogP contribution in [0.15, 0.2) is 16.6 Å². The van der Waals surface area contributed by atoms with E-state index in [1.807, 2.05) is 0 Å². The molecule has 0 atom stereocenters. The molecule has 0 N–H and O–H groups in total. The lowest BCUT2D eigenvalue weighted by Gasteiger charge is -2.04. The number of nitrogens with zero attached hydrogens (tertiary/aromatic N) is 1. The molecule has 0 fully saturated rings. The second kappa shape index (κ2) is 2.34. The lowest BCUT2D eigenvalue weighted by Crippen LogP contribution is -2.00. The molecular weight excluding hydrogens is 110 g/mol. The summed E-state index contributed by atoms with van der Waals surface area (Å²) in [4.78, 5) is 4.26. The Hall–Kier alpha value is -0.590. The van der Waals surface area contributed by atoms with Crippen LogP contribution in [0.2, 0.25) is 0 Å². The second-order valence-corrected chi connectivity index (χ2v) is 2.74. The molecule has 0 aromatic rings.